The van der Waals surface area contributed by atoms with Crippen LogP contribution in [-0.2, 0) is 11.2 Å². The number of ketones is 1. The second kappa shape index (κ2) is 5.08. The molecule has 1 aromatic rings. The molecule has 1 saturated heterocycles. The molecule has 1 nitrogen and oxygen atoms in total. The van der Waals surface area contributed by atoms with Crippen LogP contribution in [0.5, 0.6) is 0 Å². The van der Waals surface area contributed by atoms with E-state index in [2.05, 4.69) is 39.8 Å². The lowest BCUT2D eigenvalue weighted by Crippen LogP contribution is -2.30. The van der Waals surface area contributed by atoms with E-state index < -0.39 is 0 Å². The number of hydrogen-bond donors (Lipinski definition) is 0. The van der Waals surface area contributed by atoms with Crippen LogP contribution >= 0.6 is 11.8 Å². The second-order valence-corrected chi connectivity index (χ2v) is 7.26. The van der Waals surface area contributed by atoms with Crippen molar-refractivity contribution in [3.63, 3.8) is 0 Å². The third-order valence-corrected chi connectivity index (χ3v) is 5.55. The molecule has 0 spiro atoms. The molecule has 1 fully saturated rings. The van der Waals surface area contributed by atoms with Crippen molar-refractivity contribution in [1.29, 1.82) is 0 Å². The lowest BCUT2D eigenvalue weighted by atomic mass is 9.90. The van der Waals surface area contributed by atoms with Crippen molar-refractivity contribution in [1.82, 2.24) is 0 Å². The minimum atomic E-state index is -0.135. The van der Waals surface area contributed by atoms with Crippen LogP contribution in [0.15, 0.2) is 12.1 Å². The molecule has 0 amide bonds. The van der Waals surface area contributed by atoms with E-state index >= 15 is 0 Å². The van der Waals surface area contributed by atoms with E-state index in [1.54, 1.807) is 0 Å². The van der Waals surface area contributed by atoms with Crippen LogP contribution in [0.1, 0.15) is 42.0 Å². The van der Waals surface area contributed by atoms with Crippen molar-refractivity contribution < 1.29 is 4.79 Å². The van der Waals surface area contributed by atoms with Gasteiger partial charge in [0.25, 0.3) is 0 Å². The maximum absolute atomic E-state index is 12.5. The van der Waals surface area contributed by atoms with Gasteiger partial charge >= 0.3 is 0 Å². The maximum atomic E-state index is 12.5. The second-order valence-electron chi connectivity index (χ2n) is 5.66. The number of carbonyl (C=O) groups excluding carboxylic acids is 1. The Morgan fingerprint density at radius 3 is 2.39 bits per heavy atom. The number of hydrogen-bond acceptors (Lipinski definition) is 2. The molecule has 1 heterocycles. The molecule has 0 radical (unpaired) electrons. The van der Waals surface area contributed by atoms with Crippen molar-refractivity contribution in [2.24, 2.45) is 0 Å². The Morgan fingerprint density at radius 2 is 1.89 bits per heavy atom. The summed E-state index contributed by atoms with van der Waals surface area (Å²) in [5, 5.41) is 0. The van der Waals surface area contributed by atoms with Gasteiger partial charge in [0.1, 0.15) is 0 Å². The summed E-state index contributed by atoms with van der Waals surface area (Å²) in [5.74, 6) is 1.54. The van der Waals surface area contributed by atoms with E-state index in [9.17, 15) is 4.79 Å². The zero-order valence-electron chi connectivity index (χ0n) is 11.8. The largest absolute Gasteiger partial charge is 0.298 e. The van der Waals surface area contributed by atoms with Crippen LogP contribution in [-0.4, -0.2) is 16.3 Å². The predicted molar refractivity (Wildman–Crippen MR) is 79.5 cm³/mol. The molecule has 1 aliphatic rings. The smallest absolute Gasteiger partial charge is 0.152 e. The summed E-state index contributed by atoms with van der Waals surface area (Å²) < 4.78 is -0.135. The highest BCUT2D eigenvalue weighted by atomic mass is 32.2. The summed E-state index contributed by atoms with van der Waals surface area (Å²) in [5.41, 5.74) is 5.03. The number of rotatable bonds is 3. The van der Waals surface area contributed by atoms with Gasteiger partial charge in [-0.2, -0.15) is 0 Å². The SMILES string of the molecule is Cc1cc(C)c(CC(=O)C2(C)CCCS2)c(C)c1. The van der Waals surface area contributed by atoms with Crippen molar-refractivity contribution in [2.75, 3.05) is 5.75 Å². The Balaban J connectivity index is 2.22. The van der Waals surface area contributed by atoms with E-state index in [4.69, 9.17) is 0 Å². The maximum Gasteiger partial charge on any atom is 0.152 e. The van der Waals surface area contributed by atoms with Gasteiger partial charge in [0, 0.05) is 6.42 Å². The van der Waals surface area contributed by atoms with Crippen LogP contribution < -0.4 is 0 Å². The molecule has 1 aliphatic heterocycles. The Labute approximate surface area is 114 Å². The summed E-state index contributed by atoms with van der Waals surface area (Å²) >= 11 is 1.84. The summed E-state index contributed by atoms with van der Waals surface area (Å²) in [6.07, 6.45) is 2.82. The van der Waals surface area contributed by atoms with Gasteiger partial charge in [0.15, 0.2) is 5.78 Å². The third-order valence-electron chi connectivity index (χ3n) is 3.99. The normalized spacial score (nSPS) is 23.3. The van der Waals surface area contributed by atoms with E-state index in [-0.39, 0.29) is 4.75 Å². The first-order valence-electron chi connectivity index (χ1n) is 6.66. The summed E-state index contributed by atoms with van der Waals surface area (Å²) in [4.78, 5) is 12.5. The Hall–Kier alpha value is -0.760. The number of aryl methyl sites for hydroxylation is 3. The first-order chi connectivity index (χ1) is 8.42. The molecule has 1 atom stereocenters. The fourth-order valence-electron chi connectivity index (χ4n) is 2.84. The quantitative estimate of drug-likeness (QED) is 0.818. The molecule has 98 valence electrons. The van der Waals surface area contributed by atoms with Gasteiger partial charge in [0.2, 0.25) is 0 Å². The van der Waals surface area contributed by atoms with E-state index in [0.717, 1.165) is 12.2 Å². The molecule has 0 bridgehead atoms. The average molecular weight is 262 g/mol. The highest BCUT2D eigenvalue weighted by Crippen LogP contribution is 2.39. The minimum Gasteiger partial charge on any atom is -0.298 e. The molecule has 0 aliphatic carbocycles. The van der Waals surface area contributed by atoms with Crippen molar-refractivity contribution in [2.45, 2.75) is 51.7 Å². The Bertz CT molecular complexity index is 447. The van der Waals surface area contributed by atoms with Gasteiger partial charge < -0.3 is 0 Å². The topological polar surface area (TPSA) is 17.1 Å². The van der Waals surface area contributed by atoms with Crippen molar-refractivity contribution >= 4 is 17.5 Å². The summed E-state index contributed by atoms with van der Waals surface area (Å²) in [6, 6.07) is 4.36. The molecule has 0 saturated carbocycles. The first kappa shape index (κ1) is 13.7. The number of thioether (sulfide) groups is 1. The zero-order valence-corrected chi connectivity index (χ0v) is 12.6. The lowest BCUT2D eigenvalue weighted by Gasteiger charge is -2.22. The van der Waals surface area contributed by atoms with Gasteiger partial charge in [-0.05, 0) is 63.0 Å². The predicted octanol–water partition coefficient (Wildman–Crippen LogP) is 4.01. The van der Waals surface area contributed by atoms with Gasteiger partial charge in [-0.3, -0.25) is 4.79 Å². The third kappa shape index (κ3) is 2.64. The van der Waals surface area contributed by atoms with Crippen LogP contribution in [0.2, 0.25) is 0 Å². The van der Waals surface area contributed by atoms with Crippen LogP contribution in [0.3, 0.4) is 0 Å². The number of benzene rings is 1. The van der Waals surface area contributed by atoms with Gasteiger partial charge in [0.05, 0.1) is 4.75 Å². The number of carbonyl (C=O) groups is 1. The van der Waals surface area contributed by atoms with E-state index in [1.165, 1.54) is 28.7 Å². The first-order valence-corrected chi connectivity index (χ1v) is 7.65. The average Bonchev–Trinajstić information content (AvgIpc) is 2.71. The molecule has 0 N–H and O–H groups in total. The van der Waals surface area contributed by atoms with Crippen molar-refractivity contribution in [3.8, 4) is 0 Å². The monoisotopic (exact) mass is 262 g/mol. The molecule has 2 rings (SSSR count). The molecule has 18 heavy (non-hydrogen) atoms. The standard InChI is InChI=1S/C16H22OS/c1-11-8-12(2)14(13(3)9-11)10-15(17)16(4)6-5-7-18-16/h8-9H,5-7,10H2,1-4H3. The summed E-state index contributed by atoms with van der Waals surface area (Å²) in [7, 11) is 0. The highest BCUT2D eigenvalue weighted by Gasteiger charge is 2.36. The van der Waals surface area contributed by atoms with Crippen molar-refractivity contribution in [3.05, 3.63) is 34.4 Å². The van der Waals surface area contributed by atoms with E-state index in [0.29, 0.717) is 12.2 Å². The number of Topliss-reactive ketones (excluding diaryl/α,β-unsaturated/α-hetero) is 1. The zero-order chi connectivity index (χ0) is 13.3. The van der Waals surface area contributed by atoms with Gasteiger partial charge in [-0.15, -0.1) is 11.8 Å². The molecular formula is C16H22OS. The fraction of sp³-hybridized carbons (Fsp3) is 0.562. The molecular weight excluding hydrogens is 240 g/mol. The van der Waals surface area contributed by atoms with Crippen LogP contribution in [0.25, 0.3) is 0 Å². The Kier molecular flexibility index (Phi) is 3.86. The Morgan fingerprint density at radius 1 is 1.28 bits per heavy atom. The molecule has 1 unspecified atom stereocenters. The fourth-order valence-corrected chi connectivity index (χ4v) is 4.10. The van der Waals surface area contributed by atoms with Gasteiger partial charge in [-0.1, -0.05) is 17.7 Å². The van der Waals surface area contributed by atoms with E-state index in [1.807, 2.05) is 11.8 Å². The van der Waals surface area contributed by atoms with Crippen LogP contribution in [0, 0.1) is 20.8 Å². The molecule has 2 heteroatoms. The van der Waals surface area contributed by atoms with Crippen LogP contribution in [0.4, 0.5) is 0 Å². The lowest BCUT2D eigenvalue weighted by molar-refractivity contribution is -0.120. The highest BCUT2D eigenvalue weighted by molar-refractivity contribution is 8.01. The minimum absolute atomic E-state index is 0.135. The molecule has 1 aromatic carbocycles. The summed E-state index contributed by atoms with van der Waals surface area (Å²) in [6.45, 7) is 8.46. The molecule has 0 aromatic heterocycles. The van der Waals surface area contributed by atoms with Gasteiger partial charge in [-0.25, -0.2) is 0 Å².